The van der Waals surface area contributed by atoms with Crippen LogP contribution in [0.5, 0.6) is 0 Å². The molecule has 1 aromatic rings. The number of carbonyl (C=O) groups excluding carboxylic acids is 1. The lowest BCUT2D eigenvalue weighted by Crippen LogP contribution is -2.43. The fourth-order valence-electron chi connectivity index (χ4n) is 1.93. The molecule has 5 heteroatoms. The minimum Gasteiger partial charge on any atom is -0.444 e. The van der Waals surface area contributed by atoms with Gasteiger partial charge in [0.1, 0.15) is 0 Å². The van der Waals surface area contributed by atoms with E-state index in [-0.39, 0.29) is 5.91 Å². The second-order valence-electron chi connectivity index (χ2n) is 4.07. The number of carbonyl (C=O) groups is 1. The fourth-order valence-corrected chi connectivity index (χ4v) is 3.56. The number of hydrogen-bond acceptors (Lipinski definition) is 3. The lowest BCUT2D eigenvalue weighted by molar-refractivity contribution is 0.0720. The van der Waals surface area contributed by atoms with E-state index in [1.807, 2.05) is 16.7 Å². The molecule has 2 heterocycles. The first kappa shape index (κ1) is 12.0. The summed E-state index contributed by atoms with van der Waals surface area (Å²) in [5.41, 5.74) is 0. The molecule has 0 radical (unpaired) electrons. The Bertz CT molecular complexity index is 383. The predicted octanol–water partition coefficient (Wildman–Crippen LogP) is 3.01. The van der Waals surface area contributed by atoms with Crippen LogP contribution in [0.2, 0.25) is 0 Å². The largest absolute Gasteiger partial charge is 0.444 e. The van der Waals surface area contributed by atoms with Gasteiger partial charge in [0.05, 0.1) is 0 Å². The van der Waals surface area contributed by atoms with Gasteiger partial charge in [-0.1, -0.05) is 13.8 Å². The zero-order valence-corrected chi connectivity index (χ0v) is 11.7. The molecule has 0 bridgehead atoms. The van der Waals surface area contributed by atoms with E-state index >= 15 is 0 Å². The Balaban J connectivity index is 2.09. The van der Waals surface area contributed by atoms with E-state index in [1.54, 1.807) is 12.1 Å². The maximum absolute atomic E-state index is 12.1. The molecule has 2 atom stereocenters. The van der Waals surface area contributed by atoms with E-state index in [2.05, 4.69) is 29.8 Å². The maximum Gasteiger partial charge on any atom is 0.289 e. The summed E-state index contributed by atoms with van der Waals surface area (Å²) in [6, 6.07) is 3.46. The van der Waals surface area contributed by atoms with Crippen LogP contribution in [0.4, 0.5) is 0 Å². The summed E-state index contributed by atoms with van der Waals surface area (Å²) in [5.74, 6) is 0.405. The van der Waals surface area contributed by atoms with Crippen molar-refractivity contribution < 1.29 is 9.21 Å². The van der Waals surface area contributed by atoms with E-state index in [9.17, 15) is 4.79 Å². The van der Waals surface area contributed by atoms with Crippen molar-refractivity contribution in [1.82, 2.24) is 4.90 Å². The molecule has 0 aliphatic carbocycles. The summed E-state index contributed by atoms with van der Waals surface area (Å²) in [5, 5.41) is 0.984. The van der Waals surface area contributed by atoms with Crippen LogP contribution in [-0.4, -0.2) is 34.4 Å². The van der Waals surface area contributed by atoms with Gasteiger partial charge in [-0.15, -0.1) is 0 Å². The number of amides is 1. The molecule has 1 aliphatic rings. The van der Waals surface area contributed by atoms with E-state index in [4.69, 9.17) is 4.42 Å². The zero-order chi connectivity index (χ0) is 11.7. The van der Waals surface area contributed by atoms with Gasteiger partial charge in [-0.05, 0) is 28.1 Å². The summed E-state index contributed by atoms with van der Waals surface area (Å²) in [4.78, 5) is 14.0. The molecule has 0 spiro atoms. The second-order valence-corrected chi connectivity index (χ2v) is 6.73. The molecule has 1 aliphatic heterocycles. The first-order valence-corrected chi connectivity index (χ1v) is 7.00. The van der Waals surface area contributed by atoms with Gasteiger partial charge < -0.3 is 9.32 Å². The first-order chi connectivity index (χ1) is 7.56. The van der Waals surface area contributed by atoms with Crippen molar-refractivity contribution in [2.75, 3.05) is 13.1 Å². The Kier molecular flexibility index (Phi) is 3.64. The van der Waals surface area contributed by atoms with Crippen LogP contribution >= 0.6 is 27.7 Å². The highest BCUT2D eigenvalue weighted by Crippen LogP contribution is 2.26. The molecule has 1 fully saturated rings. The molecule has 0 N–H and O–H groups in total. The molecule has 1 aromatic heterocycles. The average molecular weight is 304 g/mol. The molecule has 1 saturated heterocycles. The zero-order valence-electron chi connectivity index (χ0n) is 9.27. The van der Waals surface area contributed by atoms with Crippen molar-refractivity contribution in [3.8, 4) is 0 Å². The van der Waals surface area contributed by atoms with Crippen molar-refractivity contribution in [3.63, 3.8) is 0 Å². The topological polar surface area (TPSA) is 33.5 Å². The number of halogens is 1. The van der Waals surface area contributed by atoms with Gasteiger partial charge in [0.15, 0.2) is 10.4 Å². The number of nitrogens with zero attached hydrogens (tertiary/aromatic N) is 1. The van der Waals surface area contributed by atoms with Crippen molar-refractivity contribution in [2.45, 2.75) is 24.3 Å². The molecule has 2 rings (SSSR count). The molecular weight excluding hydrogens is 290 g/mol. The molecule has 2 unspecified atom stereocenters. The third kappa shape index (κ3) is 2.63. The van der Waals surface area contributed by atoms with Crippen molar-refractivity contribution >= 4 is 33.6 Å². The number of furan rings is 1. The molecule has 88 valence electrons. The third-order valence-electron chi connectivity index (χ3n) is 2.49. The van der Waals surface area contributed by atoms with Crippen LogP contribution in [0.15, 0.2) is 21.2 Å². The van der Waals surface area contributed by atoms with Crippen LogP contribution in [0, 0.1) is 0 Å². The first-order valence-electron chi connectivity index (χ1n) is 5.26. The lowest BCUT2D eigenvalue weighted by atomic mass is 10.3. The van der Waals surface area contributed by atoms with Gasteiger partial charge in [0, 0.05) is 23.6 Å². The van der Waals surface area contributed by atoms with E-state index in [1.165, 1.54) is 0 Å². The summed E-state index contributed by atoms with van der Waals surface area (Å²) in [6.45, 7) is 5.90. The van der Waals surface area contributed by atoms with E-state index < -0.39 is 0 Å². The van der Waals surface area contributed by atoms with Gasteiger partial charge in [-0.2, -0.15) is 11.8 Å². The SMILES string of the molecule is CC1CN(C(=O)c2ccc(Br)o2)CC(C)S1. The van der Waals surface area contributed by atoms with Crippen LogP contribution in [0.3, 0.4) is 0 Å². The quantitative estimate of drug-likeness (QED) is 0.799. The monoisotopic (exact) mass is 303 g/mol. The molecule has 0 saturated carbocycles. The van der Waals surface area contributed by atoms with Crippen LogP contribution in [0.25, 0.3) is 0 Å². The predicted molar refractivity (Wildman–Crippen MR) is 68.8 cm³/mol. The van der Waals surface area contributed by atoms with Gasteiger partial charge >= 0.3 is 0 Å². The fraction of sp³-hybridized carbons (Fsp3) is 0.545. The minimum atomic E-state index is -0.00954. The summed E-state index contributed by atoms with van der Waals surface area (Å²) in [7, 11) is 0. The summed E-state index contributed by atoms with van der Waals surface area (Å²) in [6.07, 6.45) is 0. The van der Waals surface area contributed by atoms with Crippen molar-refractivity contribution in [3.05, 3.63) is 22.6 Å². The normalized spacial score (nSPS) is 25.8. The number of thioether (sulfide) groups is 1. The molecule has 0 aromatic carbocycles. The molecule has 3 nitrogen and oxygen atoms in total. The third-order valence-corrected chi connectivity index (χ3v) is 4.14. The van der Waals surface area contributed by atoms with Crippen LogP contribution < -0.4 is 0 Å². The smallest absolute Gasteiger partial charge is 0.289 e. The van der Waals surface area contributed by atoms with E-state index in [0.717, 1.165) is 13.1 Å². The highest BCUT2D eigenvalue weighted by molar-refractivity contribution is 9.10. The summed E-state index contributed by atoms with van der Waals surface area (Å²) < 4.78 is 5.89. The van der Waals surface area contributed by atoms with Crippen molar-refractivity contribution in [2.24, 2.45) is 0 Å². The van der Waals surface area contributed by atoms with Crippen molar-refractivity contribution in [1.29, 1.82) is 0 Å². The second kappa shape index (κ2) is 4.84. The lowest BCUT2D eigenvalue weighted by Gasteiger charge is -2.34. The Morgan fingerprint density at radius 3 is 2.56 bits per heavy atom. The summed E-state index contributed by atoms with van der Waals surface area (Å²) >= 11 is 5.14. The maximum atomic E-state index is 12.1. The minimum absolute atomic E-state index is 0.00954. The van der Waals surface area contributed by atoms with Gasteiger partial charge in [-0.3, -0.25) is 4.79 Å². The Morgan fingerprint density at radius 1 is 1.44 bits per heavy atom. The molecule has 1 amide bonds. The van der Waals surface area contributed by atoms with Crippen LogP contribution in [0.1, 0.15) is 24.4 Å². The Hall–Kier alpha value is -0.420. The van der Waals surface area contributed by atoms with Gasteiger partial charge in [0.25, 0.3) is 5.91 Å². The molecular formula is C11H14BrNO2S. The number of hydrogen-bond donors (Lipinski definition) is 0. The Morgan fingerprint density at radius 2 is 2.06 bits per heavy atom. The van der Waals surface area contributed by atoms with Crippen LogP contribution in [-0.2, 0) is 0 Å². The number of rotatable bonds is 1. The van der Waals surface area contributed by atoms with Gasteiger partial charge in [-0.25, -0.2) is 0 Å². The average Bonchev–Trinajstić information content (AvgIpc) is 2.62. The molecule has 16 heavy (non-hydrogen) atoms. The standard InChI is InChI=1S/C11H14BrNO2S/c1-7-5-13(6-8(2)16-7)11(14)9-3-4-10(12)15-9/h3-4,7-8H,5-6H2,1-2H3. The highest BCUT2D eigenvalue weighted by atomic mass is 79.9. The Labute approximate surface area is 108 Å². The highest BCUT2D eigenvalue weighted by Gasteiger charge is 2.27. The van der Waals surface area contributed by atoms with E-state index in [0.29, 0.717) is 20.9 Å². The van der Waals surface area contributed by atoms with Gasteiger partial charge in [0.2, 0.25) is 0 Å².